The molecule has 3 heterocycles. The number of halogens is 1. The van der Waals surface area contributed by atoms with Crippen LogP contribution in [0.25, 0.3) is 21.8 Å². The molecule has 0 saturated carbocycles. The lowest BCUT2D eigenvalue weighted by Crippen LogP contribution is -2.40. The summed E-state index contributed by atoms with van der Waals surface area (Å²) in [5.74, 6) is -0.643. The molecule has 0 amide bonds. The van der Waals surface area contributed by atoms with Gasteiger partial charge in [0, 0.05) is 72.7 Å². The van der Waals surface area contributed by atoms with Gasteiger partial charge in [0.1, 0.15) is 11.4 Å². The van der Waals surface area contributed by atoms with Crippen molar-refractivity contribution in [3.63, 3.8) is 0 Å². The van der Waals surface area contributed by atoms with Gasteiger partial charge in [0.2, 0.25) is 0 Å². The van der Waals surface area contributed by atoms with E-state index in [1.807, 2.05) is 46.9 Å². The number of phenolic OH excluding ortho intramolecular Hbond substituents is 1. The first-order valence-corrected chi connectivity index (χ1v) is 17.3. The van der Waals surface area contributed by atoms with E-state index in [0.717, 1.165) is 9.95 Å². The molecule has 3 aromatic carbocycles. The summed E-state index contributed by atoms with van der Waals surface area (Å²) in [6.07, 6.45) is 3.10. The summed E-state index contributed by atoms with van der Waals surface area (Å²) < 4.78 is 16.2. The molecule has 2 atom stereocenters. The molecule has 3 aliphatic rings. The number of phenols is 1. The van der Waals surface area contributed by atoms with Crippen molar-refractivity contribution in [2.45, 2.75) is 37.9 Å². The van der Waals surface area contributed by atoms with Crippen LogP contribution in [0.1, 0.15) is 29.6 Å². The Morgan fingerprint density at radius 3 is 2.49 bits per heavy atom. The first-order valence-electron chi connectivity index (χ1n) is 16.2. The molecule has 0 radical (unpaired) electrons. The summed E-state index contributed by atoms with van der Waals surface area (Å²) in [5.41, 5.74) is 1.16. The number of methoxy groups -OCH3 is 2. The highest BCUT2D eigenvalue weighted by Crippen LogP contribution is 2.52. The Bertz CT molecular complexity index is 2670. The summed E-state index contributed by atoms with van der Waals surface area (Å²) in [6.45, 7) is -0.109. The highest BCUT2D eigenvalue weighted by atomic mass is 127. The molecule has 51 heavy (non-hydrogen) atoms. The second-order valence-corrected chi connectivity index (χ2v) is 13.8. The SMILES string of the molecule is COc1cc2nc(CCn3c(=O)n4n(c3=O)C3CC5=C(C(=O)C(I)=CC5=O)C(c5ccc6ccccc6c5O)C3=CC4)c(=O)n(C)c2cc1OC. The van der Waals surface area contributed by atoms with Crippen molar-refractivity contribution in [3.8, 4) is 17.2 Å². The smallest absolute Gasteiger partial charge is 0.347 e. The Kier molecular flexibility index (Phi) is 7.74. The number of hydrogen-bond acceptors (Lipinski definition) is 9. The summed E-state index contributed by atoms with van der Waals surface area (Å²) in [4.78, 5) is 73.2. The number of rotatable bonds is 6. The molecule has 5 aromatic rings. The van der Waals surface area contributed by atoms with Crippen LogP contribution in [0, 0.1) is 0 Å². The number of nitrogens with zero attached hydrogens (tertiary/aromatic N) is 5. The topological polar surface area (TPSA) is 157 Å². The minimum atomic E-state index is -0.835. The summed E-state index contributed by atoms with van der Waals surface area (Å²) in [6, 6.07) is 13.4. The minimum absolute atomic E-state index is 0.0123. The van der Waals surface area contributed by atoms with Crippen molar-refractivity contribution in [2.75, 3.05) is 14.2 Å². The Hall–Kier alpha value is -5.51. The van der Waals surface area contributed by atoms with Crippen LogP contribution < -0.4 is 26.4 Å². The monoisotopic (exact) mass is 799 g/mol. The van der Waals surface area contributed by atoms with E-state index in [2.05, 4.69) is 4.98 Å². The van der Waals surface area contributed by atoms with Crippen LogP contribution in [0.3, 0.4) is 0 Å². The number of aryl methyl sites for hydroxylation is 2. The van der Waals surface area contributed by atoms with Gasteiger partial charge < -0.3 is 19.1 Å². The van der Waals surface area contributed by atoms with Crippen LogP contribution in [-0.2, 0) is 36.1 Å². The Labute approximate surface area is 302 Å². The predicted octanol–water partition coefficient (Wildman–Crippen LogP) is 3.61. The molecule has 2 aliphatic carbocycles. The highest BCUT2D eigenvalue weighted by molar-refractivity contribution is 14.1. The number of Topliss-reactive ketones (excluding diaryl/α,β-unsaturated/α-hetero) is 1. The number of hydrogen-bond donors (Lipinski definition) is 1. The summed E-state index contributed by atoms with van der Waals surface area (Å²) in [5, 5.41) is 13.0. The van der Waals surface area contributed by atoms with Crippen LogP contribution >= 0.6 is 22.6 Å². The maximum absolute atomic E-state index is 14.2. The number of fused-ring (bicyclic) bond motifs is 5. The molecule has 0 bridgehead atoms. The zero-order chi connectivity index (χ0) is 35.9. The molecule has 0 fully saturated rings. The van der Waals surface area contributed by atoms with Gasteiger partial charge in [-0.05, 0) is 33.6 Å². The fourth-order valence-corrected chi connectivity index (χ4v) is 8.23. The van der Waals surface area contributed by atoms with Crippen molar-refractivity contribution in [1.82, 2.24) is 23.5 Å². The average molecular weight is 800 g/mol. The number of ether oxygens (including phenoxy) is 2. The molecule has 0 saturated heterocycles. The van der Waals surface area contributed by atoms with Crippen molar-refractivity contribution in [3.05, 3.63) is 124 Å². The van der Waals surface area contributed by atoms with Gasteiger partial charge in [-0.25, -0.2) is 28.5 Å². The van der Waals surface area contributed by atoms with Gasteiger partial charge in [-0.15, -0.1) is 0 Å². The lowest BCUT2D eigenvalue weighted by atomic mass is 9.68. The lowest BCUT2D eigenvalue weighted by molar-refractivity contribution is -0.115. The van der Waals surface area contributed by atoms with Gasteiger partial charge >= 0.3 is 11.4 Å². The van der Waals surface area contributed by atoms with Crippen LogP contribution in [0.5, 0.6) is 17.2 Å². The lowest BCUT2D eigenvalue weighted by Gasteiger charge is -2.39. The Balaban J connectivity index is 1.21. The molecular weight excluding hydrogens is 769 g/mol. The van der Waals surface area contributed by atoms with E-state index in [4.69, 9.17) is 9.47 Å². The van der Waals surface area contributed by atoms with Gasteiger partial charge in [0.25, 0.3) is 5.56 Å². The van der Waals surface area contributed by atoms with Crippen LogP contribution in [0.4, 0.5) is 0 Å². The van der Waals surface area contributed by atoms with Gasteiger partial charge in [0.15, 0.2) is 23.1 Å². The minimum Gasteiger partial charge on any atom is -0.507 e. The van der Waals surface area contributed by atoms with Crippen LogP contribution in [0.15, 0.2) is 95.4 Å². The fourth-order valence-electron chi connectivity index (χ4n) is 7.66. The summed E-state index contributed by atoms with van der Waals surface area (Å²) >= 11 is 1.86. The molecule has 2 unspecified atom stereocenters. The molecule has 0 spiro atoms. The largest absolute Gasteiger partial charge is 0.507 e. The van der Waals surface area contributed by atoms with Gasteiger partial charge in [-0.1, -0.05) is 42.5 Å². The zero-order valence-corrected chi connectivity index (χ0v) is 29.8. The highest BCUT2D eigenvalue weighted by Gasteiger charge is 2.46. The number of aromatic hydroxyl groups is 1. The third kappa shape index (κ3) is 4.87. The molecule has 2 aromatic heterocycles. The van der Waals surface area contributed by atoms with E-state index in [1.165, 1.54) is 34.2 Å². The first-order chi connectivity index (χ1) is 24.5. The third-order valence-corrected chi connectivity index (χ3v) is 10.9. The molecule has 14 heteroatoms. The van der Waals surface area contributed by atoms with Gasteiger partial charge in [0.05, 0.1) is 41.4 Å². The van der Waals surface area contributed by atoms with Gasteiger partial charge in [-0.3, -0.25) is 14.4 Å². The number of carbonyl (C=O) groups excluding carboxylic acids is 2. The molecule has 258 valence electrons. The number of ketones is 2. The molecule has 1 N–H and O–H groups in total. The maximum atomic E-state index is 14.2. The Morgan fingerprint density at radius 1 is 0.980 bits per heavy atom. The summed E-state index contributed by atoms with van der Waals surface area (Å²) in [7, 11) is 4.60. The van der Waals surface area contributed by atoms with Crippen molar-refractivity contribution < 1.29 is 24.2 Å². The number of carbonyl (C=O) groups is 2. The van der Waals surface area contributed by atoms with E-state index < -0.39 is 23.3 Å². The van der Waals surface area contributed by atoms with Crippen molar-refractivity contribution in [2.24, 2.45) is 7.05 Å². The van der Waals surface area contributed by atoms with Crippen molar-refractivity contribution >= 4 is 56.0 Å². The zero-order valence-electron chi connectivity index (χ0n) is 27.7. The maximum Gasteiger partial charge on any atom is 0.347 e. The molecule has 13 nitrogen and oxygen atoms in total. The fraction of sp³-hybridized carbons (Fsp3) is 0.243. The van der Waals surface area contributed by atoms with E-state index in [-0.39, 0.29) is 69.2 Å². The molecular formula is C37H30IN5O8. The van der Waals surface area contributed by atoms with E-state index >= 15 is 0 Å². The van der Waals surface area contributed by atoms with E-state index in [9.17, 15) is 29.1 Å². The van der Waals surface area contributed by atoms with E-state index in [0.29, 0.717) is 39.1 Å². The second kappa shape index (κ2) is 12.1. The number of benzene rings is 3. The van der Waals surface area contributed by atoms with Gasteiger partial charge in [-0.2, -0.15) is 0 Å². The van der Waals surface area contributed by atoms with E-state index in [1.54, 1.807) is 37.4 Å². The Morgan fingerprint density at radius 2 is 1.73 bits per heavy atom. The average Bonchev–Trinajstić information content (AvgIpc) is 3.38. The first kappa shape index (κ1) is 32.7. The molecule has 1 aliphatic heterocycles. The van der Waals surface area contributed by atoms with Crippen molar-refractivity contribution in [1.29, 1.82) is 0 Å². The second-order valence-electron chi connectivity index (χ2n) is 12.7. The number of aromatic nitrogens is 5. The predicted molar refractivity (Wildman–Crippen MR) is 196 cm³/mol. The third-order valence-electron chi connectivity index (χ3n) is 10.1. The number of allylic oxidation sites excluding steroid dienone is 6. The van der Waals surface area contributed by atoms with Crippen LogP contribution in [0.2, 0.25) is 0 Å². The van der Waals surface area contributed by atoms with Crippen LogP contribution in [-0.4, -0.2) is 54.4 Å². The normalized spacial score (nSPS) is 18.4. The standard InChI is InChI=1S/C37H30IN5O8/c1-40-27-17-30(51-3)29(50-2)16-25(27)39-24(35(40)47)11-12-41-36(48)42-13-10-20-26(43(42)37(41)49)14-22-28(44)15-23(38)34(46)32(22)31(20)21-9-8-18-6-4-5-7-19(18)33(21)45/h4-10,15-17,26,31,45H,11-14H2,1-3H3. The quantitative estimate of drug-likeness (QED) is 0.154. The molecule has 8 rings (SSSR count).